The van der Waals surface area contributed by atoms with Gasteiger partial charge in [-0.3, -0.25) is 9.59 Å². The highest BCUT2D eigenvalue weighted by molar-refractivity contribution is 6.39. The number of carbonyl (C=O) groups excluding carboxylic acids is 2. The number of morpholine rings is 1. The first-order valence-electron chi connectivity index (χ1n) is 7.68. The molecule has 0 radical (unpaired) electrons. The Labute approximate surface area is 131 Å². The van der Waals surface area contributed by atoms with E-state index in [-0.39, 0.29) is 0 Å². The average Bonchev–Trinajstić information content (AvgIpc) is 2.57. The Balaban J connectivity index is 1.95. The van der Waals surface area contributed by atoms with Gasteiger partial charge in [-0.15, -0.1) is 0 Å². The number of nitrogens with zero attached hydrogens (tertiary/aromatic N) is 2. The van der Waals surface area contributed by atoms with Crippen molar-refractivity contribution in [3.8, 4) is 0 Å². The molecule has 0 unspecified atom stereocenters. The van der Waals surface area contributed by atoms with Crippen molar-refractivity contribution in [2.45, 2.75) is 13.8 Å². The molecule has 1 aliphatic heterocycles. The summed E-state index contributed by atoms with van der Waals surface area (Å²) >= 11 is 0. The van der Waals surface area contributed by atoms with Gasteiger partial charge in [0.1, 0.15) is 0 Å². The number of nitrogens with one attached hydrogen (secondary N) is 1. The van der Waals surface area contributed by atoms with Crippen LogP contribution in [0.3, 0.4) is 0 Å². The molecule has 120 valence electrons. The summed E-state index contributed by atoms with van der Waals surface area (Å²) in [5, 5.41) is 2.65. The topological polar surface area (TPSA) is 61.9 Å². The molecule has 0 aromatic heterocycles. The molecule has 0 atom stereocenters. The summed E-state index contributed by atoms with van der Waals surface area (Å²) in [5.74, 6) is -1.10. The lowest BCUT2D eigenvalue weighted by atomic mass is 10.2. The summed E-state index contributed by atoms with van der Waals surface area (Å²) in [6.45, 7) is 7.95. The summed E-state index contributed by atoms with van der Waals surface area (Å²) in [7, 11) is 0. The van der Waals surface area contributed by atoms with E-state index in [1.165, 1.54) is 4.90 Å². The molecule has 1 aliphatic rings. The summed E-state index contributed by atoms with van der Waals surface area (Å²) < 4.78 is 5.17. The zero-order valence-electron chi connectivity index (χ0n) is 13.2. The predicted molar refractivity (Wildman–Crippen MR) is 86.0 cm³/mol. The van der Waals surface area contributed by atoms with E-state index in [0.29, 0.717) is 32.0 Å². The van der Waals surface area contributed by atoms with Crippen LogP contribution in [0.2, 0.25) is 0 Å². The second-order valence-corrected chi connectivity index (χ2v) is 5.08. The minimum atomic E-state index is -0.600. The van der Waals surface area contributed by atoms with Gasteiger partial charge < -0.3 is 19.9 Å². The number of anilines is 2. The zero-order valence-corrected chi connectivity index (χ0v) is 13.2. The van der Waals surface area contributed by atoms with Gasteiger partial charge in [0, 0.05) is 37.6 Å². The maximum Gasteiger partial charge on any atom is 0.313 e. The van der Waals surface area contributed by atoms with E-state index in [1.807, 2.05) is 24.3 Å². The third-order valence-electron chi connectivity index (χ3n) is 3.75. The van der Waals surface area contributed by atoms with E-state index in [2.05, 4.69) is 24.1 Å². The van der Waals surface area contributed by atoms with Crippen molar-refractivity contribution in [3.63, 3.8) is 0 Å². The van der Waals surface area contributed by atoms with Gasteiger partial charge in [-0.05, 0) is 38.1 Å². The minimum absolute atomic E-state index is 0.465. The molecular weight excluding hydrogens is 282 g/mol. The lowest BCUT2D eigenvalue weighted by Gasteiger charge is -2.26. The highest BCUT2D eigenvalue weighted by Crippen LogP contribution is 2.17. The van der Waals surface area contributed by atoms with Crippen LogP contribution in [0.4, 0.5) is 11.4 Å². The molecule has 0 aliphatic carbocycles. The second kappa shape index (κ2) is 7.79. The number of benzene rings is 1. The van der Waals surface area contributed by atoms with E-state index < -0.39 is 11.8 Å². The van der Waals surface area contributed by atoms with E-state index in [4.69, 9.17) is 4.74 Å². The van der Waals surface area contributed by atoms with E-state index >= 15 is 0 Å². The van der Waals surface area contributed by atoms with E-state index in [1.54, 1.807) is 0 Å². The molecule has 1 heterocycles. The SMILES string of the molecule is CCN(CC)c1ccc(NC(=O)C(=O)N2CCOCC2)cc1. The normalized spacial score (nSPS) is 14.5. The van der Waals surface area contributed by atoms with Crippen LogP contribution < -0.4 is 10.2 Å². The fourth-order valence-corrected chi connectivity index (χ4v) is 2.44. The number of hydrogen-bond acceptors (Lipinski definition) is 4. The quantitative estimate of drug-likeness (QED) is 0.853. The van der Waals surface area contributed by atoms with Gasteiger partial charge in [0.15, 0.2) is 0 Å². The monoisotopic (exact) mass is 305 g/mol. The molecule has 0 saturated carbocycles. The highest BCUT2D eigenvalue weighted by Gasteiger charge is 2.23. The molecule has 1 aromatic rings. The Morgan fingerprint density at radius 2 is 1.73 bits per heavy atom. The molecule has 22 heavy (non-hydrogen) atoms. The Morgan fingerprint density at radius 1 is 1.14 bits per heavy atom. The predicted octanol–water partition coefficient (Wildman–Crippen LogP) is 1.33. The third-order valence-corrected chi connectivity index (χ3v) is 3.75. The van der Waals surface area contributed by atoms with Gasteiger partial charge in [0.2, 0.25) is 0 Å². The molecule has 0 spiro atoms. The molecule has 1 fully saturated rings. The molecule has 2 amide bonds. The fourth-order valence-electron chi connectivity index (χ4n) is 2.44. The summed E-state index contributed by atoms with van der Waals surface area (Å²) in [6, 6.07) is 7.53. The average molecular weight is 305 g/mol. The smallest absolute Gasteiger partial charge is 0.313 e. The summed E-state index contributed by atoms with van der Waals surface area (Å²) in [6.07, 6.45) is 0. The first-order chi connectivity index (χ1) is 10.7. The Kier molecular flexibility index (Phi) is 5.77. The van der Waals surface area contributed by atoms with E-state index in [9.17, 15) is 9.59 Å². The number of carbonyl (C=O) groups is 2. The molecule has 0 bridgehead atoms. The zero-order chi connectivity index (χ0) is 15.9. The third kappa shape index (κ3) is 3.98. The molecule has 1 N–H and O–H groups in total. The van der Waals surface area contributed by atoms with Crippen molar-refractivity contribution in [1.29, 1.82) is 0 Å². The maximum absolute atomic E-state index is 12.0. The van der Waals surface area contributed by atoms with Gasteiger partial charge in [0.05, 0.1) is 13.2 Å². The summed E-state index contributed by atoms with van der Waals surface area (Å²) in [5.41, 5.74) is 1.73. The maximum atomic E-state index is 12.0. The van der Waals surface area contributed by atoms with Crippen LogP contribution in [0.1, 0.15) is 13.8 Å². The lowest BCUT2D eigenvalue weighted by molar-refractivity contribution is -0.145. The van der Waals surface area contributed by atoms with Crippen molar-refractivity contribution in [1.82, 2.24) is 4.90 Å². The molecular formula is C16H23N3O3. The van der Waals surface area contributed by atoms with Crippen LogP contribution in [0, 0.1) is 0 Å². The number of hydrogen-bond donors (Lipinski definition) is 1. The first-order valence-corrected chi connectivity index (χ1v) is 7.68. The van der Waals surface area contributed by atoms with Gasteiger partial charge >= 0.3 is 11.8 Å². The van der Waals surface area contributed by atoms with Gasteiger partial charge in [-0.2, -0.15) is 0 Å². The van der Waals surface area contributed by atoms with Crippen LogP contribution in [-0.4, -0.2) is 56.1 Å². The molecule has 6 nitrogen and oxygen atoms in total. The number of ether oxygens (including phenoxy) is 1. The Bertz CT molecular complexity index is 506. The van der Waals surface area contributed by atoms with Crippen LogP contribution in [-0.2, 0) is 14.3 Å². The molecule has 6 heteroatoms. The van der Waals surface area contributed by atoms with Crippen molar-refractivity contribution < 1.29 is 14.3 Å². The fraction of sp³-hybridized carbons (Fsp3) is 0.500. The lowest BCUT2D eigenvalue weighted by Crippen LogP contribution is -2.45. The van der Waals surface area contributed by atoms with Crippen molar-refractivity contribution in [2.24, 2.45) is 0 Å². The van der Waals surface area contributed by atoms with Crippen LogP contribution >= 0.6 is 0 Å². The summed E-state index contributed by atoms with van der Waals surface area (Å²) in [4.78, 5) is 27.7. The van der Waals surface area contributed by atoms with E-state index in [0.717, 1.165) is 18.8 Å². The highest BCUT2D eigenvalue weighted by atomic mass is 16.5. The van der Waals surface area contributed by atoms with Crippen LogP contribution in [0.5, 0.6) is 0 Å². The van der Waals surface area contributed by atoms with Crippen molar-refractivity contribution >= 4 is 23.2 Å². The largest absolute Gasteiger partial charge is 0.378 e. The molecule has 1 saturated heterocycles. The minimum Gasteiger partial charge on any atom is -0.378 e. The Hall–Kier alpha value is -2.08. The van der Waals surface area contributed by atoms with Crippen LogP contribution in [0.15, 0.2) is 24.3 Å². The molecule has 2 rings (SSSR count). The second-order valence-electron chi connectivity index (χ2n) is 5.08. The number of amides is 2. The Morgan fingerprint density at radius 3 is 2.27 bits per heavy atom. The van der Waals surface area contributed by atoms with Gasteiger partial charge in [-0.25, -0.2) is 0 Å². The van der Waals surface area contributed by atoms with Crippen molar-refractivity contribution in [2.75, 3.05) is 49.6 Å². The van der Waals surface area contributed by atoms with Gasteiger partial charge in [-0.1, -0.05) is 0 Å². The van der Waals surface area contributed by atoms with Crippen molar-refractivity contribution in [3.05, 3.63) is 24.3 Å². The number of rotatable bonds is 4. The first kappa shape index (κ1) is 16.3. The standard InChI is InChI=1S/C16H23N3O3/c1-3-18(4-2)14-7-5-13(6-8-14)17-15(20)16(21)19-9-11-22-12-10-19/h5-8H,3-4,9-12H2,1-2H3,(H,17,20). The van der Waals surface area contributed by atoms with Crippen LogP contribution in [0.25, 0.3) is 0 Å². The molecule has 1 aromatic carbocycles. The van der Waals surface area contributed by atoms with Gasteiger partial charge in [0.25, 0.3) is 0 Å².